The van der Waals surface area contributed by atoms with Crippen molar-refractivity contribution in [3.05, 3.63) is 0 Å². The molecule has 5 heteroatoms. The molecule has 0 aromatic rings. The van der Waals surface area contributed by atoms with E-state index in [1.807, 2.05) is 0 Å². The Balaban J connectivity index is 1.33. The normalized spacial score (nSPS) is 48.7. The molecule has 5 rings (SSSR count). The van der Waals surface area contributed by atoms with Crippen molar-refractivity contribution >= 4 is 0 Å². The van der Waals surface area contributed by atoms with Crippen LogP contribution in [0.4, 0.5) is 0 Å². The molecule has 2 saturated carbocycles. The van der Waals surface area contributed by atoms with Crippen LogP contribution in [0.25, 0.3) is 0 Å². The molecule has 0 N–H and O–H groups in total. The molecular weight excluding hydrogens is 306 g/mol. The van der Waals surface area contributed by atoms with E-state index >= 15 is 0 Å². The molecule has 3 heterocycles. The van der Waals surface area contributed by atoms with Crippen molar-refractivity contribution in [3.63, 3.8) is 0 Å². The summed E-state index contributed by atoms with van der Waals surface area (Å²) in [6, 6.07) is 2.25. The summed E-state index contributed by atoms with van der Waals surface area (Å²) in [4.78, 5) is 0. The lowest BCUT2D eigenvalue weighted by molar-refractivity contribution is -0.215. The Hall–Kier alpha value is -0.670. The third-order valence-corrected chi connectivity index (χ3v) is 6.81. The SMILES string of the molecule is N#CCCC1CCC2OC3CC2(C[C@H]2OC4(CCCCC4)O[C@@H]32)O1. The standard InChI is InChI=1S/C19H27NO4/c20-10-4-5-13-6-7-16-18(22-13)11-14(21-16)17-15(12-18)23-19(24-17)8-2-1-3-9-19/h13-17H,1-9,11-12H2/t13?,14?,15-,16?,17+,18?/m1/s1. The summed E-state index contributed by atoms with van der Waals surface area (Å²) in [6.07, 6.45) is 11.7. The summed E-state index contributed by atoms with van der Waals surface area (Å²) in [5, 5.41) is 8.86. The predicted molar refractivity (Wildman–Crippen MR) is 85.1 cm³/mol. The zero-order chi connectivity index (χ0) is 16.2. The number of nitrogens with zero attached hydrogens (tertiary/aromatic N) is 1. The Morgan fingerprint density at radius 3 is 2.62 bits per heavy atom. The van der Waals surface area contributed by atoms with E-state index in [4.69, 9.17) is 24.2 Å². The smallest absolute Gasteiger partial charge is 0.169 e. The van der Waals surface area contributed by atoms with Crippen molar-refractivity contribution in [2.75, 3.05) is 0 Å². The first kappa shape index (κ1) is 15.6. The number of fused-ring (bicyclic) bond motifs is 3. The second-order valence-corrected chi connectivity index (χ2v) is 8.36. The Morgan fingerprint density at radius 1 is 0.958 bits per heavy atom. The van der Waals surface area contributed by atoms with E-state index < -0.39 is 0 Å². The fraction of sp³-hybridized carbons (Fsp3) is 0.947. The molecule has 5 fully saturated rings. The zero-order valence-electron chi connectivity index (χ0n) is 14.2. The zero-order valence-corrected chi connectivity index (χ0v) is 14.2. The average molecular weight is 333 g/mol. The lowest BCUT2D eigenvalue weighted by Gasteiger charge is -2.44. The first-order valence-corrected chi connectivity index (χ1v) is 9.78. The van der Waals surface area contributed by atoms with Gasteiger partial charge in [0.1, 0.15) is 6.10 Å². The lowest BCUT2D eigenvalue weighted by Crippen LogP contribution is -2.53. The second-order valence-electron chi connectivity index (χ2n) is 8.36. The third kappa shape index (κ3) is 2.34. The molecule has 0 aromatic carbocycles. The van der Waals surface area contributed by atoms with Crippen LogP contribution < -0.4 is 0 Å². The van der Waals surface area contributed by atoms with E-state index in [1.165, 1.54) is 19.3 Å². The molecule has 2 bridgehead atoms. The second kappa shape index (κ2) is 5.67. The van der Waals surface area contributed by atoms with Crippen molar-refractivity contribution < 1.29 is 18.9 Å². The van der Waals surface area contributed by atoms with Gasteiger partial charge in [-0.2, -0.15) is 5.26 Å². The summed E-state index contributed by atoms with van der Waals surface area (Å²) in [5.74, 6) is -0.345. The summed E-state index contributed by atoms with van der Waals surface area (Å²) in [7, 11) is 0. The minimum absolute atomic E-state index is 0.0838. The van der Waals surface area contributed by atoms with E-state index in [1.54, 1.807) is 0 Å². The molecule has 2 aliphatic carbocycles. The number of rotatable bonds is 2. The molecule has 132 valence electrons. The van der Waals surface area contributed by atoms with Gasteiger partial charge < -0.3 is 18.9 Å². The Labute approximate surface area is 143 Å². The van der Waals surface area contributed by atoms with Crippen molar-refractivity contribution in [2.24, 2.45) is 0 Å². The van der Waals surface area contributed by atoms with Gasteiger partial charge in [0.05, 0.1) is 36.1 Å². The van der Waals surface area contributed by atoms with E-state index in [9.17, 15) is 0 Å². The van der Waals surface area contributed by atoms with Crippen LogP contribution in [0.2, 0.25) is 0 Å². The van der Waals surface area contributed by atoms with Crippen molar-refractivity contribution in [1.29, 1.82) is 5.26 Å². The van der Waals surface area contributed by atoms with Gasteiger partial charge in [0, 0.05) is 32.1 Å². The van der Waals surface area contributed by atoms with Crippen molar-refractivity contribution in [3.8, 4) is 6.07 Å². The first-order valence-electron chi connectivity index (χ1n) is 9.78. The molecule has 5 nitrogen and oxygen atoms in total. The maximum Gasteiger partial charge on any atom is 0.169 e. The first-order chi connectivity index (χ1) is 11.7. The van der Waals surface area contributed by atoms with E-state index in [0.717, 1.165) is 44.9 Å². The highest BCUT2D eigenvalue weighted by Crippen LogP contribution is 2.55. The monoisotopic (exact) mass is 333 g/mol. The van der Waals surface area contributed by atoms with Gasteiger partial charge in [-0.15, -0.1) is 0 Å². The van der Waals surface area contributed by atoms with Gasteiger partial charge >= 0.3 is 0 Å². The highest BCUT2D eigenvalue weighted by molar-refractivity contribution is 5.12. The van der Waals surface area contributed by atoms with Gasteiger partial charge in [-0.1, -0.05) is 6.42 Å². The third-order valence-electron chi connectivity index (χ3n) is 6.81. The van der Waals surface area contributed by atoms with Gasteiger partial charge in [0.2, 0.25) is 0 Å². The fourth-order valence-electron chi connectivity index (χ4n) is 5.76. The van der Waals surface area contributed by atoms with Gasteiger partial charge in [-0.3, -0.25) is 0 Å². The molecule has 6 atom stereocenters. The van der Waals surface area contributed by atoms with Gasteiger partial charge in [-0.25, -0.2) is 0 Å². The van der Waals surface area contributed by atoms with Crippen LogP contribution in [-0.2, 0) is 18.9 Å². The molecule has 0 amide bonds. The number of nitriles is 1. The van der Waals surface area contributed by atoms with Gasteiger partial charge in [-0.05, 0) is 32.1 Å². The highest BCUT2D eigenvalue weighted by Gasteiger charge is 2.65. The average Bonchev–Trinajstić information content (AvgIpc) is 3.09. The van der Waals surface area contributed by atoms with E-state index in [0.29, 0.717) is 6.42 Å². The summed E-state index contributed by atoms with van der Waals surface area (Å²) in [6.45, 7) is 0. The lowest BCUT2D eigenvalue weighted by atomic mass is 9.76. The molecular formula is C19H27NO4. The van der Waals surface area contributed by atoms with Crippen LogP contribution in [0.15, 0.2) is 0 Å². The number of ether oxygens (including phenoxy) is 4. The van der Waals surface area contributed by atoms with E-state index in [2.05, 4.69) is 6.07 Å². The Bertz CT molecular complexity index is 540. The van der Waals surface area contributed by atoms with Crippen LogP contribution in [-0.4, -0.2) is 41.9 Å². The Kier molecular flexibility index (Phi) is 3.68. The Morgan fingerprint density at radius 2 is 1.79 bits per heavy atom. The fourth-order valence-corrected chi connectivity index (χ4v) is 5.76. The minimum atomic E-state index is -0.345. The van der Waals surface area contributed by atoms with Gasteiger partial charge in [0.15, 0.2) is 5.79 Å². The van der Waals surface area contributed by atoms with E-state index in [-0.39, 0.29) is 41.9 Å². The molecule has 2 spiro atoms. The van der Waals surface area contributed by atoms with Crippen LogP contribution in [0, 0.1) is 11.3 Å². The van der Waals surface area contributed by atoms with Crippen LogP contribution in [0.5, 0.6) is 0 Å². The number of hydrogen-bond donors (Lipinski definition) is 0. The highest BCUT2D eigenvalue weighted by atomic mass is 16.8. The maximum atomic E-state index is 8.86. The molecule has 0 aromatic heterocycles. The largest absolute Gasteiger partial charge is 0.369 e. The maximum absolute atomic E-state index is 8.86. The molecule has 3 saturated heterocycles. The summed E-state index contributed by atoms with van der Waals surface area (Å²) in [5.41, 5.74) is -0.201. The van der Waals surface area contributed by atoms with Crippen molar-refractivity contribution in [1.82, 2.24) is 0 Å². The topological polar surface area (TPSA) is 60.7 Å². The number of hydrogen-bond acceptors (Lipinski definition) is 5. The van der Waals surface area contributed by atoms with Crippen LogP contribution in [0.3, 0.4) is 0 Å². The minimum Gasteiger partial charge on any atom is -0.369 e. The molecule has 24 heavy (non-hydrogen) atoms. The van der Waals surface area contributed by atoms with Crippen LogP contribution in [0.1, 0.15) is 70.6 Å². The summed E-state index contributed by atoms with van der Waals surface area (Å²) < 4.78 is 25.9. The molecule has 3 aliphatic heterocycles. The molecule has 4 unspecified atom stereocenters. The van der Waals surface area contributed by atoms with Crippen molar-refractivity contribution in [2.45, 2.75) is 113 Å². The summed E-state index contributed by atoms with van der Waals surface area (Å²) >= 11 is 0. The van der Waals surface area contributed by atoms with Crippen LogP contribution >= 0.6 is 0 Å². The predicted octanol–water partition coefficient (Wildman–Crippen LogP) is 3.21. The quantitative estimate of drug-likeness (QED) is 0.776. The molecule has 0 radical (unpaired) electrons. The molecule has 5 aliphatic rings. The van der Waals surface area contributed by atoms with Gasteiger partial charge in [0.25, 0.3) is 0 Å².